The number of aliphatic carboxylic acids is 1. The van der Waals surface area contributed by atoms with Crippen molar-refractivity contribution < 1.29 is 33.8 Å². The van der Waals surface area contributed by atoms with Crippen molar-refractivity contribution in [1.82, 2.24) is 5.32 Å². The molecule has 1 unspecified atom stereocenters. The third kappa shape index (κ3) is 6.19. The number of hydrogen-bond donors (Lipinski definition) is 2. The summed E-state index contributed by atoms with van der Waals surface area (Å²) in [6, 6.07) is 19.9. The molecule has 0 radical (unpaired) electrons. The van der Waals surface area contributed by atoms with Gasteiger partial charge in [0.25, 0.3) is 5.91 Å². The summed E-state index contributed by atoms with van der Waals surface area (Å²) in [5, 5.41) is 15.9. The molecular formula is C42H41NO7. The Kier molecular flexibility index (Phi) is 9.78. The van der Waals surface area contributed by atoms with Gasteiger partial charge < -0.3 is 24.7 Å². The standard InChI is InChI=1S/C42H41NO7/c44-21-10-1-2-11-22-49-32-19-13-18-29-37(32)40-36-28-17-9-8-16-27(28)33(50-23-12-4-7-20-34(45)46)24-30(36)31-25-43-42(48)38(31)39(40)35(41(29)47)26-14-5-3-6-15-26/h3,5-6,8-9,14-17,19,21,24,35H,1-2,4,7,10-13,18,20,22-23,25H2,(H,43,48)(H,45,46). The molecule has 4 aromatic carbocycles. The van der Waals surface area contributed by atoms with E-state index < -0.39 is 11.9 Å². The molecule has 2 N–H and O–H groups in total. The van der Waals surface area contributed by atoms with Crippen molar-refractivity contribution >= 4 is 51.1 Å². The van der Waals surface area contributed by atoms with Gasteiger partial charge in [-0.2, -0.15) is 0 Å². The number of amides is 1. The van der Waals surface area contributed by atoms with Gasteiger partial charge in [0.05, 0.1) is 19.1 Å². The van der Waals surface area contributed by atoms with E-state index in [-0.39, 0.29) is 18.1 Å². The van der Waals surface area contributed by atoms with Gasteiger partial charge in [0.1, 0.15) is 17.8 Å². The average Bonchev–Trinajstić information content (AvgIpc) is 3.52. The first-order valence-corrected chi connectivity index (χ1v) is 17.8. The molecular weight excluding hydrogens is 630 g/mol. The molecule has 1 atom stereocenters. The lowest BCUT2D eigenvalue weighted by molar-refractivity contribution is -0.137. The van der Waals surface area contributed by atoms with Gasteiger partial charge in [-0.25, -0.2) is 0 Å². The molecule has 1 amide bonds. The number of benzene rings is 4. The summed E-state index contributed by atoms with van der Waals surface area (Å²) in [6.07, 6.45) is 9.48. The second kappa shape index (κ2) is 14.7. The molecule has 2 aliphatic carbocycles. The summed E-state index contributed by atoms with van der Waals surface area (Å²) in [5.41, 5.74) is 5.38. The SMILES string of the molecule is O=CCCCCCOC1=CCCC2=C1c1c(c3c(c4cc(OCCCCCC(=O)O)c5ccccc5c14)CNC3=O)C(c1ccccc1)C2=O. The highest BCUT2D eigenvalue weighted by atomic mass is 16.5. The minimum absolute atomic E-state index is 0.00675. The lowest BCUT2D eigenvalue weighted by Crippen LogP contribution is -2.28. The Morgan fingerprint density at radius 2 is 1.60 bits per heavy atom. The summed E-state index contributed by atoms with van der Waals surface area (Å²) in [6.45, 7) is 1.24. The Morgan fingerprint density at radius 3 is 2.38 bits per heavy atom. The Labute approximate surface area is 291 Å². The second-order valence-corrected chi connectivity index (χ2v) is 13.3. The number of ketones is 1. The molecule has 0 saturated carbocycles. The number of carboxylic acids is 1. The molecule has 8 nitrogen and oxygen atoms in total. The van der Waals surface area contributed by atoms with Crippen molar-refractivity contribution in [3.8, 4) is 5.75 Å². The van der Waals surface area contributed by atoms with Gasteiger partial charge in [-0.05, 0) is 102 Å². The van der Waals surface area contributed by atoms with E-state index in [2.05, 4.69) is 17.5 Å². The molecule has 0 spiro atoms. The van der Waals surface area contributed by atoms with E-state index >= 15 is 0 Å². The van der Waals surface area contributed by atoms with E-state index in [1.165, 1.54) is 0 Å². The summed E-state index contributed by atoms with van der Waals surface area (Å²) in [4.78, 5) is 50.4. The number of aldehydes is 1. The number of ether oxygens (including phenoxy) is 2. The zero-order valence-corrected chi connectivity index (χ0v) is 28.1. The van der Waals surface area contributed by atoms with Crippen LogP contribution < -0.4 is 10.1 Å². The summed E-state index contributed by atoms with van der Waals surface area (Å²) < 4.78 is 12.9. The van der Waals surface area contributed by atoms with Gasteiger partial charge in [0.2, 0.25) is 0 Å². The maximum atomic E-state index is 14.7. The third-order valence-corrected chi connectivity index (χ3v) is 10.1. The van der Waals surface area contributed by atoms with Gasteiger partial charge in [0, 0.05) is 41.5 Å². The maximum Gasteiger partial charge on any atom is 0.303 e. The van der Waals surface area contributed by atoms with Gasteiger partial charge in [-0.15, -0.1) is 0 Å². The van der Waals surface area contributed by atoms with E-state index in [0.29, 0.717) is 62.5 Å². The summed E-state index contributed by atoms with van der Waals surface area (Å²) >= 11 is 0. The quantitative estimate of drug-likeness (QED) is 0.0743. The number of carbonyl (C=O) groups excluding carboxylic acids is 3. The van der Waals surface area contributed by atoms with Crippen LogP contribution in [0.15, 0.2) is 78.1 Å². The number of hydrogen-bond acceptors (Lipinski definition) is 6. The fourth-order valence-corrected chi connectivity index (χ4v) is 7.84. The third-order valence-electron chi connectivity index (χ3n) is 10.1. The van der Waals surface area contributed by atoms with Crippen molar-refractivity contribution in [3.63, 3.8) is 0 Å². The number of rotatable bonds is 15. The van der Waals surface area contributed by atoms with Crippen molar-refractivity contribution in [1.29, 1.82) is 0 Å². The monoisotopic (exact) mass is 671 g/mol. The first-order chi connectivity index (χ1) is 24.5. The van der Waals surface area contributed by atoms with E-state index in [0.717, 1.165) is 93.3 Å². The first kappa shape index (κ1) is 33.3. The van der Waals surface area contributed by atoms with Crippen LogP contribution in [0, 0.1) is 0 Å². The normalized spacial score (nSPS) is 16.5. The van der Waals surface area contributed by atoms with Gasteiger partial charge in [-0.1, -0.05) is 54.6 Å². The molecule has 256 valence electrons. The zero-order valence-electron chi connectivity index (χ0n) is 28.1. The molecule has 0 bridgehead atoms. The highest BCUT2D eigenvalue weighted by molar-refractivity contribution is 6.25. The fraction of sp³-hybridized carbons (Fsp3) is 0.333. The Morgan fingerprint density at radius 1 is 0.860 bits per heavy atom. The molecule has 50 heavy (non-hydrogen) atoms. The van der Waals surface area contributed by atoms with Gasteiger partial charge >= 0.3 is 5.97 Å². The van der Waals surface area contributed by atoms with Crippen LogP contribution in [0.4, 0.5) is 0 Å². The number of carbonyl (C=O) groups is 4. The van der Waals surface area contributed by atoms with Crippen LogP contribution in [0.5, 0.6) is 5.75 Å². The first-order valence-electron chi connectivity index (χ1n) is 17.8. The molecule has 0 saturated heterocycles. The molecule has 3 aliphatic rings. The minimum Gasteiger partial charge on any atom is -0.493 e. The molecule has 1 heterocycles. The predicted octanol–water partition coefficient (Wildman–Crippen LogP) is 8.18. The van der Waals surface area contributed by atoms with Crippen LogP contribution in [-0.4, -0.2) is 42.3 Å². The molecule has 7 rings (SSSR count). The fourth-order valence-electron chi connectivity index (χ4n) is 7.84. The maximum absolute atomic E-state index is 14.7. The van der Waals surface area contributed by atoms with E-state index in [4.69, 9.17) is 14.6 Å². The molecule has 0 fully saturated rings. The smallest absolute Gasteiger partial charge is 0.303 e. The molecule has 0 aromatic heterocycles. The van der Waals surface area contributed by atoms with Crippen LogP contribution in [0.25, 0.3) is 27.1 Å². The van der Waals surface area contributed by atoms with Crippen molar-refractivity contribution in [2.75, 3.05) is 13.2 Å². The molecule has 4 aromatic rings. The Hall–Kier alpha value is -5.24. The highest BCUT2D eigenvalue weighted by Crippen LogP contribution is 2.53. The Bertz CT molecular complexity index is 2060. The average molecular weight is 672 g/mol. The number of allylic oxidation sites excluding steroid dienone is 3. The number of Topliss-reactive ketones (excluding diaryl/α,β-unsaturated/α-hetero) is 1. The van der Waals surface area contributed by atoms with Crippen LogP contribution in [-0.2, 0) is 25.7 Å². The van der Waals surface area contributed by atoms with Crippen molar-refractivity contribution in [2.45, 2.75) is 76.7 Å². The largest absolute Gasteiger partial charge is 0.493 e. The molecule has 1 aliphatic heterocycles. The van der Waals surface area contributed by atoms with Gasteiger partial charge in [0.15, 0.2) is 5.78 Å². The minimum atomic E-state index is -0.794. The van der Waals surface area contributed by atoms with Crippen LogP contribution in [0.2, 0.25) is 0 Å². The van der Waals surface area contributed by atoms with E-state index in [1.54, 1.807) is 0 Å². The number of nitrogens with one attached hydrogen (secondary N) is 1. The number of carboxylic acid groups (broad SMARTS) is 1. The van der Waals surface area contributed by atoms with E-state index in [9.17, 15) is 19.2 Å². The van der Waals surface area contributed by atoms with Crippen LogP contribution in [0.1, 0.15) is 103 Å². The second-order valence-electron chi connectivity index (χ2n) is 13.3. The summed E-state index contributed by atoms with van der Waals surface area (Å²) in [7, 11) is 0. The van der Waals surface area contributed by atoms with Crippen LogP contribution in [0.3, 0.4) is 0 Å². The van der Waals surface area contributed by atoms with Crippen molar-refractivity contribution in [2.24, 2.45) is 0 Å². The topological polar surface area (TPSA) is 119 Å². The van der Waals surface area contributed by atoms with Gasteiger partial charge in [-0.3, -0.25) is 14.4 Å². The zero-order chi connectivity index (χ0) is 34.6. The predicted molar refractivity (Wildman–Crippen MR) is 192 cm³/mol. The summed E-state index contributed by atoms with van der Waals surface area (Å²) in [5.74, 6) is -0.241. The number of unbranched alkanes of at least 4 members (excludes halogenated alkanes) is 5. The highest BCUT2D eigenvalue weighted by Gasteiger charge is 2.44. The van der Waals surface area contributed by atoms with Crippen molar-refractivity contribution in [3.05, 3.63) is 106 Å². The van der Waals surface area contributed by atoms with Crippen LogP contribution >= 0.6 is 0 Å². The van der Waals surface area contributed by atoms with E-state index in [1.807, 2.05) is 54.6 Å². The lowest BCUT2D eigenvalue weighted by Gasteiger charge is -2.35. The molecule has 8 heteroatoms. The Balaban J connectivity index is 1.43. The number of fused-ring (bicyclic) bond motifs is 9. The lowest BCUT2D eigenvalue weighted by atomic mass is 9.68.